The molecule has 1 atom stereocenters. The summed E-state index contributed by atoms with van der Waals surface area (Å²) in [6, 6.07) is 33.8. The van der Waals surface area contributed by atoms with E-state index in [4.69, 9.17) is 9.72 Å². The maximum absolute atomic E-state index is 13.9. The van der Waals surface area contributed by atoms with Crippen LogP contribution < -0.4 is 10.3 Å². The van der Waals surface area contributed by atoms with E-state index in [0.717, 1.165) is 10.0 Å². The molecule has 0 bridgehead atoms. The summed E-state index contributed by atoms with van der Waals surface area (Å²) in [5.74, 6) is 0.980. The van der Waals surface area contributed by atoms with Crippen LogP contribution in [0, 0.1) is 0 Å². The highest BCUT2D eigenvalue weighted by Gasteiger charge is 2.29. The van der Waals surface area contributed by atoms with Crippen LogP contribution in [0.2, 0.25) is 0 Å². The highest BCUT2D eigenvalue weighted by molar-refractivity contribution is 9.10. The van der Waals surface area contributed by atoms with Crippen molar-refractivity contribution in [2.24, 2.45) is 0 Å². The molecule has 5 aromatic rings. The first-order chi connectivity index (χ1) is 19.5. The smallest absolute Gasteiger partial charge is 0.266 e. The Kier molecular flexibility index (Phi) is 8.71. The zero-order valence-electron chi connectivity index (χ0n) is 22.2. The van der Waals surface area contributed by atoms with Crippen LogP contribution in [-0.4, -0.2) is 33.5 Å². The van der Waals surface area contributed by atoms with Crippen molar-refractivity contribution in [2.75, 3.05) is 13.2 Å². The standard InChI is InChI=1S/C33H30BrN3O3/c1-2-30(32-35-29-16-10-9-15-28(29)33(39)37(32)26-19-17-25(34)18-20-26)36(22-21-24-11-5-3-6-12-24)31(38)23-40-27-13-7-4-8-14-27/h3-20,30H,2,21-23H2,1H3. The fraction of sp³-hybridized carbons (Fsp3) is 0.182. The number of amides is 1. The number of para-hydroxylation sites is 2. The molecule has 1 heterocycles. The van der Waals surface area contributed by atoms with Crippen molar-refractivity contribution in [2.45, 2.75) is 25.8 Å². The molecule has 4 aromatic carbocycles. The number of carbonyl (C=O) groups excluding carboxylic acids is 1. The lowest BCUT2D eigenvalue weighted by molar-refractivity contribution is -0.136. The van der Waals surface area contributed by atoms with Crippen molar-refractivity contribution in [1.82, 2.24) is 14.5 Å². The van der Waals surface area contributed by atoms with Crippen LogP contribution in [-0.2, 0) is 11.2 Å². The van der Waals surface area contributed by atoms with Crippen molar-refractivity contribution >= 4 is 32.7 Å². The predicted octanol–water partition coefficient (Wildman–Crippen LogP) is 6.75. The summed E-state index contributed by atoms with van der Waals surface area (Å²) >= 11 is 3.49. The van der Waals surface area contributed by atoms with Gasteiger partial charge in [0.1, 0.15) is 11.6 Å². The number of ether oxygens (including phenoxy) is 1. The van der Waals surface area contributed by atoms with Crippen molar-refractivity contribution in [3.8, 4) is 11.4 Å². The Balaban J connectivity index is 1.59. The van der Waals surface area contributed by atoms with Gasteiger partial charge in [-0.3, -0.25) is 14.2 Å². The van der Waals surface area contributed by atoms with E-state index >= 15 is 0 Å². The predicted molar refractivity (Wildman–Crippen MR) is 162 cm³/mol. The summed E-state index contributed by atoms with van der Waals surface area (Å²) in [5.41, 5.74) is 2.24. The Morgan fingerprint density at radius 2 is 1.55 bits per heavy atom. The number of benzene rings is 4. The van der Waals surface area contributed by atoms with E-state index in [1.807, 2.05) is 103 Å². The van der Waals surface area contributed by atoms with Gasteiger partial charge in [-0.05, 0) is 66.9 Å². The zero-order chi connectivity index (χ0) is 27.9. The molecule has 40 heavy (non-hydrogen) atoms. The summed E-state index contributed by atoms with van der Waals surface area (Å²) < 4.78 is 8.42. The molecule has 0 spiro atoms. The molecule has 202 valence electrons. The highest BCUT2D eigenvalue weighted by atomic mass is 79.9. The molecule has 0 saturated heterocycles. The van der Waals surface area contributed by atoms with E-state index in [0.29, 0.717) is 47.6 Å². The molecule has 0 aliphatic heterocycles. The van der Waals surface area contributed by atoms with Crippen LogP contribution in [0.5, 0.6) is 5.75 Å². The van der Waals surface area contributed by atoms with Crippen LogP contribution >= 0.6 is 15.9 Å². The van der Waals surface area contributed by atoms with Gasteiger partial charge in [0.2, 0.25) is 0 Å². The first kappa shape index (κ1) is 27.3. The van der Waals surface area contributed by atoms with Gasteiger partial charge >= 0.3 is 0 Å². The average Bonchev–Trinajstić information content (AvgIpc) is 3.00. The monoisotopic (exact) mass is 595 g/mol. The Hall–Kier alpha value is -4.23. The number of hydrogen-bond donors (Lipinski definition) is 0. The molecule has 1 aromatic heterocycles. The third kappa shape index (κ3) is 6.15. The number of nitrogens with zero attached hydrogens (tertiary/aromatic N) is 3. The van der Waals surface area contributed by atoms with E-state index in [1.165, 1.54) is 0 Å². The summed E-state index contributed by atoms with van der Waals surface area (Å²) in [7, 11) is 0. The topological polar surface area (TPSA) is 64.4 Å². The number of halogens is 1. The Morgan fingerprint density at radius 3 is 2.25 bits per heavy atom. The molecule has 1 unspecified atom stereocenters. The lowest BCUT2D eigenvalue weighted by Gasteiger charge is -2.32. The molecule has 5 rings (SSSR count). The Morgan fingerprint density at radius 1 is 0.900 bits per heavy atom. The lowest BCUT2D eigenvalue weighted by atomic mass is 10.1. The maximum atomic E-state index is 13.9. The second kappa shape index (κ2) is 12.7. The zero-order valence-corrected chi connectivity index (χ0v) is 23.8. The van der Waals surface area contributed by atoms with E-state index in [9.17, 15) is 9.59 Å². The van der Waals surface area contributed by atoms with Crippen LogP contribution in [0.4, 0.5) is 0 Å². The van der Waals surface area contributed by atoms with Crippen molar-refractivity contribution < 1.29 is 9.53 Å². The fourth-order valence-corrected chi connectivity index (χ4v) is 5.11. The van der Waals surface area contributed by atoms with Gasteiger partial charge < -0.3 is 9.64 Å². The minimum absolute atomic E-state index is 0.120. The second-order valence-electron chi connectivity index (χ2n) is 9.45. The van der Waals surface area contributed by atoms with Gasteiger partial charge in [0.05, 0.1) is 22.6 Å². The van der Waals surface area contributed by atoms with Crippen LogP contribution in [0.15, 0.2) is 118 Å². The van der Waals surface area contributed by atoms with Gasteiger partial charge in [0.25, 0.3) is 11.5 Å². The van der Waals surface area contributed by atoms with Gasteiger partial charge in [-0.1, -0.05) is 83.5 Å². The minimum Gasteiger partial charge on any atom is -0.484 e. The first-order valence-electron chi connectivity index (χ1n) is 13.3. The quantitative estimate of drug-likeness (QED) is 0.179. The SMILES string of the molecule is CCC(c1nc2ccccc2c(=O)n1-c1ccc(Br)cc1)N(CCc1ccccc1)C(=O)COc1ccccc1. The fourth-order valence-electron chi connectivity index (χ4n) is 4.85. The van der Waals surface area contributed by atoms with Crippen molar-refractivity contribution in [3.05, 3.63) is 135 Å². The second-order valence-corrected chi connectivity index (χ2v) is 10.4. The van der Waals surface area contributed by atoms with Crippen LogP contribution in [0.1, 0.15) is 30.8 Å². The third-order valence-electron chi connectivity index (χ3n) is 6.86. The molecule has 0 aliphatic carbocycles. The number of aromatic nitrogens is 2. The van der Waals surface area contributed by atoms with E-state index in [-0.39, 0.29) is 18.1 Å². The maximum Gasteiger partial charge on any atom is 0.266 e. The molecule has 1 amide bonds. The van der Waals surface area contributed by atoms with Crippen LogP contribution in [0.25, 0.3) is 16.6 Å². The number of rotatable bonds is 10. The summed E-state index contributed by atoms with van der Waals surface area (Å²) in [6.45, 7) is 2.34. The third-order valence-corrected chi connectivity index (χ3v) is 7.39. The highest BCUT2D eigenvalue weighted by Crippen LogP contribution is 2.27. The largest absolute Gasteiger partial charge is 0.484 e. The molecule has 6 nitrogen and oxygen atoms in total. The number of carbonyl (C=O) groups is 1. The summed E-state index contributed by atoms with van der Waals surface area (Å²) in [6.07, 6.45) is 1.22. The van der Waals surface area contributed by atoms with Gasteiger partial charge in [-0.25, -0.2) is 4.98 Å². The Bertz CT molecular complexity index is 1640. The Labute approximate surface area is 242 Å². The minimum atomic E-state index is -0.462. The molecule has 7 heteroatoms. The molecule has 0 aliphatic rings. The molecule has 0 N–H and O–H groups in total. The van der Waals surface area contributed by atoms with Gasteiger partial charge in [-0.15, -0.1) is 0 Å². The molecular formula is C33H30BrN3O3. The molecule has 0 fully saturated rings. The van der Waals surface area contributed by atoms with E-state index < -0.39 is 6.04 Å². The normalized spacial score (nSPS) is 11.8. The van der Waals surface area contributed by atoms with Crippen molar-refractivity contribution in [3.63, 3.8) is 0 Å². The van der Waals surface area contributed by atoms with Gasteiger partial charge in [0, 0.05) is 11.0 Å². The molecular weight excluding hydrogens is 566 g/mol. The van der Waals surface area contributed by atoms with Crippen molar-refractivity contribution in [1.29, 1.82) is 0 Å². The molecule has 0 saturated carbocycles. The summed E-state index contributed by atoms with van der Waals surface area (Å²) in [4.78, 5) is 34.6. The van der Waals surface area contributed by atoms with E-state index in [2.05, 4.69) is 28.1 Å². The molecule has 0 radical (unpaired) electrons. The van der Waals surface area contributed by atoms with E-state index in [1.54, 1.807) is 10.6 Å². The summed E-state index contributed by atoms with van der Waals surface area (Å²) in [5, 5.41) is 0.526. The van der Waals surface area contributed by atoms with Gasteiger partial charge in [-0.2, -0.15) is 0 Å². The average molecular weight is 597 g/mol. The lowest BCUT2D eigenvalue weighted by Crippen LogP contribution is -2.42. The van der Waals surface area contributed by atoms with Gasteiger partial charge in [0.15, 0.2) is 6.61 Å². The first-order valence-corrected chi connectivity index (χ1v) is 14.1. The number of hydrogen-bond acceptors (Lipinski definition) is 4. The number of fused-ring (bicyclic) bond motifs is 1. The van der Waals surface area contributed by atoms with Crippen LogP contribution in [0.3, 0.4) is 0 Å².